The van der Waals surface area contributed by atoms with Crippen molar-refractivity contribution in [2.24, 2.45) is 0 Å². The highest BCUT2D eigenvalue weighted by molar-refractivity contribution is 4.98. The summed E-state index contributed by atoms with van der Waals surface area (Å²) < 4.78 is 12.0. The number of imidazole rings is 1. The molecule has 0 aliphatic rings. The number of aryl methyl sites for hydroxylation is 1. The van der Waals surface area contributed by atoms with Gasteiger partial charge in [-0.2, -0.15) is 4.98 Å². The fourth-order valence-corrected chi connectivity index (χ4v) is 1.63. The highest BCUT2D eigenvalue weighted by atomic mass is 16.5. The van der Waals surface area contributed by atoms with E-state index in [4.69, 9.17) is 9.26 Å². The number of methoxy groups -OCH3 is 1. The number of rotatable bonds is 8. The Morgan fingerprint density at radius 3 is 3.11 bits per heavy atom. The highest BCUT2D eigenvalue weighted by Crippen LogP contribution is 2.03. The smallest absolute Gasteiger partial charge is 0.246 e. The molecule has 104 valence electrons. The van der Waals surface area contributed by atoms with E-state index in [9.17, 15) is 0 Å². The molecule has 0 aliphatic heterocycles. The van der Waals surface area contributed by atoms with Gasteiger partial charge in [-0.1, -0.05) is 12.1 Å². The number of hydrogen-bond donors (Lipinski definition) is 1. The van der Waals surface area contributed by atoms with Gasteiger partial charge in [0, 0.05) is 32.8 Å². The molecule has 0 fully saturated rings. The van der Waals surface area contributed by atoms with Gasteiger partial charge < -0.3 is 19.1 Å². The van der Waals surface area contributed by atoms with Crippen LogP contribution in [0.5, 0.6) is 0 Å². The SMILES string of the molecule is CCc1noc(Cn2cnc(CNCCOC)c2)n1. The standard InChI is InChI=1S/C12H19N5O2/c1-3-11-15-12(19-16-11)8-17-7-10(14-9-17)6-13-4-5-18-2/h7,9,13H,3-6,8H2,1-2H3. The van der Waals surface area contributed by atoms with Gasteiger partial charge in [0.05, 0.1) is 18.6 Å². The first kappa shape index (κ1) is 13.7. The molecule has 1 N–H and O–H groups in total. The summed E-state index contributed by atoms with van der Waals surface area (Å²) in [5.41, 5.74) is 0.978. The van der Waals surface area contributed by atoms with Crippen molar-refractivity contribution >= 4 is 0 Å². The van der Waals surface area contributed by atoms with E-state index in [1.165, 1.54) is 0 Å². The molecule has 0 saturated heterocycles. The molecule has 2 heterocycles. The lowest BCUT2D eigenvalue weighted by Crippen LogP contribution is -2.18. The topological polar surface area (TPSA) is 78.0 Å². The molecule has 0 amide bonds. The zero-order valence-corrected chi connectivity index (χ0v) is 11.3. The highest BCUT2D eigenvalue weighted by Gasteiger charge is 2.06. The van der Waals surface area contributed by atoms with E-state index >= 15 is 0 Å². The van der Waals surface area contributed by atoms with Crippen LogP contribution in [0.1, 0.15) is 24.3 Å². The fraction of sp³-hybridized carbons (Fsp3) is 0.583. The molecule has 0 bridgehead atoms. The van der Waals surface area contributed by atoms with E-state index in [0.717, 1.165) is 31.0 Å². The van der Waals surface area contributed by atoms with Crippen LogP contribution in [0, 0.1) is 0 Å². The Morgan fingerprint density at radius 2 is 2.37 bits per heavy atom. The summed E-state index contributed by atoms with van der Waals surface area (Å²) in [6, 6.07) is 0. The van der Waals surface area contributed by atoms with E-state index in [1.54, 1.807) is 13.4 Å². The van der Waals surface area contributed by atoms with Crippen molar-refractivity contribution in [2.45, 2.75) is 26.4 Å². The Morgan fingerprint density at radius 1 is 1.47 bits per heavy atom. The van der Waals surface area contributed by atoms with Crippen molar-refractivity contribution in [1.29, 1.82) is 0 Å². The van der Waals surface area contributed by atoms with Gasteiger partial charge in [0.1, 0.15) is 6.54 Å². The van der Waals surface area contributed by atoms with Crippen molar-refractivity contribution < 1.29 is 9.26 Å². The van der Waals surface area contributed by atoms with E-state index in [-0.39, 0.29) is 0 Å². The van der Waals surface area contributed by atoms with Gasteiger partial charge in [-0.3, -0.25) is 0 Å². The second-order valence-electron chi connectivity index (χ2n) is 4.16. The zero-order valence-electron chi connectivity index (χ0n) is 11.3. The Kier molecular flexibility index (Phi) is 5.05. The third kappa shape index (κ3) is 4.15. The molecule has 7 heteroatoms. The number of nitrogens with one attached hydrogen (secondary N) is 1. The number of ether oxygens (including phenoxy) is 1. The van der Waals surface area contributed by atoms with Crippen LogP contribution in [0.3, 0.4) is 0 Å². The van der Waals surface area contributed by atoms with Gasteiger partial charge in [0.15, 0.2) is 5.82 Å². The number of hydrogen-bond acceptors (Lipinski definition) is 6. The van der Waals surface area contributed by atoms with E-state index in [0.29, 0.717) is 19.0 Å². The maximum atomic E-state index is 5.14. The molecule has 0 spiro atoms. The lowest BCUT2D eigenvalue weighted by molar-refractivity contribution is 0.199. The fourth-order valence-electron chi connectivity index (χ4n) is 1.63. The minimum absolute atomic E-state index is 0.554. The van der Waals surface area contributed by atoms with Crippen LogP contribution in [0.4, 0.5) is 0 Å². The van der Waals surface area contributed by atoms with Crippen molar-refractivity contribution in [3.63, 3.8) is 0 Å². The monoisotopic (exact) mass is 265 g/mol. The molecule has 2 aromatic rings. The summed E-state index contributed by atoms with van der Waals surface area (Å²) in [5, 5.41) is 7.10. The molecule has 0 atom stereocenters. The summed E-state index contributed by atoms with van der Waals surface area (Å²) in [7, 11) is 1.69. The second-order valence-corrected chi connectivity index (χ2v) is 4.16. The molecule has 0 radical (unpaired) electrons. The van der Waals surface area contributed by atoms with Gasteiger partial charge in [0.2, 0.25) is 5.89 Å². The molecule has 2 rings (SSSR count). The third-order valence-electron chi connectivity index (χ3n) is 2.62. The first-order valence-electron chi connectivity index (χ1n) is 6.33. The summed E-state index contributed by atoms with van der Waals surface area (Å²) in [5.74, 6) is 1.34. The van der Waals surface area contributed by atoms with Gasteiger partial charge in [-0.25, -0.2) is 4.98 Å². The average Bonchev–Trinajstić information content (AvgIpc) is 3.05. The predicted molar refractivity (Wildman–Crippen MR) is 68.6 cm³/mol. The number of aromatic nitrogens is 4. The molecule has 0 aromatic carbocycles. The van der Waals surface area contributed by atoms with E-state index in [2.05, 4.69) is 20.4 Å². The largest absolute Gasteiger partial charge is 0.383 e. The van der Waals surface area contributed by atoms with E-state index in [1.807, 2.05) is 17.7 Å². The van der Waals surface area contributed by atoms with Crippen molar-refractivity contribution in [3.05, 3.63) is 29.9 Å². The predicted octanol–water partition coefficient (Wildman–Crippen LogP) is 0.613. The molecular formula is C12H19N5O2. The van der Waals surface area contributed by atoms with Crippen LogP contribution < -0.4 is 5.32 Å². The second kappa shape index (κ2) is 7.01. The summed E-state index contributed by atoms with van der Waals surface area (Å²) in [4.78, 5) is 8.57. The van der Waals surface area contributed by atoms with Gasteiger partial charge in [-0.15, -0.1) is 0 Å². The number of nitrogens with zero attached hydrogens (tertiary/aromatic N) is 4. The molecule has 7 nitrogen and oxygen atoms in total. The van der Waals surface area contributed by atoms with Crippen LogP contribution in [-0.4, -0.2) is 40.0 Å². The molecule has 19 heavy (non-hydrogen) atoms. The summed E-state index contributed by atoms with van der Waals surface area (Å²) >= 11 is 0. The molecule has 0 saturated carbocycles. The van der Waals surface area contributed by atoms with Crippen molar-refractivity contribution in [1.82, 2.24) is 25.0 Å². The lowest BCUT2D eigenvalue weighted by Gasteiger charge is -2.00. The van der Waals surface area contributed by atoms with Crippen LogP contribution in [0.25, 0.3) is 0 Å². The van der Waals surface area contributed by atoms with Crippen LogP contribution in [0.2, 0.25) is 0 Å². The lowest BCUT2D eigenvalue weighted by atomic mass is 10.4. The van der Waals surface area contributed by atoms with Gasteiger partial charge in [-0.05, 0) is 0 Å². The molecule has 2 aromatic heterocycles. The Balaban J connectivity index is 1.83. The third-order valence-corrected chi connectivity index (χ3v) is 2.62. The quantitative estimate of drug-likeness (QED) is 0.705. The molecule has 0 aliphatic carbocycles. The molecule has 0 unspecified atom stereocenters. The molecular weight excluding hydrogens is 246 g/mol. The average molecular weight is 265 g/mol. The van der Waals surface area contributed by atoms with Gasteiger partial charge in [0.25, 0.3) is 0 Å². The van der Waals surface area contributed by atoms with Crippen LogP contribution >= 0.6 is 0 Å². The van der Waals surface area contributed by atoms with Crippen molar-refractivity contribution in [3.8, 4) is 0 Å². The summed E-state index contributed by atoms with van der Waals surface area (Å²) in [6.07, 6.45) is 4.51. The van der Waals surface area contributed by atoms with E-state index < -0.39 is 0 Å². The maximum Gasteiger partial charge on any atom is 0.246 e. The Hall–Kier alpha value is -1.73. The normalized spacial score (nSPS) is 11.1. The van der Waals surface area contributed by atoms with Crippen molar-refractivity contribution in [2.75, 3.05) is 20.3 Å². The minimum Gasteiger partial charge on any atom is -0.383 e. The minimum atomic E-state index is 0.554. The van der Waals surface area contributed by atoms with Gasteiger partial charge >= 0.3 is 0 Å². The maximum absolute atomic E-state index is 5.14. The Bertz CT molecular complexity index is 494. The first-order valence-corrected chi connectivity index (χ1v) is 6.33. The van der Waals surface area contributed by atoms with Crippen LogP contribution in [0.15, 0.2) is 17.0 Å². The van der Waals surface area contributed by atoms with Crippen LogP contribution in [-0.2, 0) is 24.2 Å². The summed E-state index contributed by atoms with van der Waals surface area (Å²) in [6.45, 7) is 4.78. The zero-order chi connectivity index (χ0) is 13.5. The first-order chi connectivity index (χ1) is 9.31. The Labute approximate surface area is 112 Å².